The molecule has 22 heavy (non-hydrogen) atoms. The average Bonchev–Trinajstić information content (AvgIpc) is 2.53. The van der Waals surface area contributed by atoms with Crippen LogP contribution in [0.25, 0.3) is 0 Å². The molecule has 0 unspecified atom stereocenters. The Kier molecular flexibility index (Phi) is 4.32. The molecule has 114 valence electrons. The van der Waals surface area contributed by atoms with Gasteiger partial charge in [0.2, 0.25) is 5.91 Å². The maximum Gasteiger partial charge on any atom is 0.264 e. The minimum atomic E-state index is -0.185. The van der Waals surface area contributed by atoms with Gasteiger partial charge in [-0.2, -0.15) is 5.10 Å². The van der Waals surface area contributed by atoms with E-state index >= 15 is 0 Å². The Hall–Kier alpha value is -2.43. The highest BCUT2D eigenvalue weighted by Gasteiger charge is 2.21. The Bertz CT molecular complexity index is 709. The molecule has 0 saturated heterocycles. The number of carbonyl (C=O) groups is 1. The third-order valence-corrected chi connectivity index (χ3v) is 4.02. The zero-order valence-corrected chi connectivity index (χ0v) is 12.3. The number of hydrogen-bond acceptors (Lipinski definition) is 3. The topological polar surface area (TPSA) is 74.8 Å². The number of nitrogens with zero attached hydrogens (tertiary/aromatic N) is 1. The van der Waals surface area contributed by atoms with Crippen LogP contribution in [0, 0.1) is 0 Å². The van der Waals surface area contributed by atoms with Crippen molar-refractivity contribution in [1.82, 2.24) is 15.5 Å². The van der Waals surface area contributed by atoms with Crippen molar-refractivity contribution >= 4 is 5.91 Å². The van der Waals surface area contributed by atoms with E-state index in [-0.39, 0.29) is 17.5 Å². The standard InChI is InChI=1S/C17H19N3O2/c21-16(9-6-12-4-2-1-3-5-12)18-14-7-8-15-13(10-14)11-17(22)20-19-15/h1-5,11,14H,6-10H2,(H,18,21)(H,20,22)/t14-/m1/s1. The van der Waals surface area contributed by atoms with Gasteiger partial charge in [0.25, 0.3) is 5.56 Å². The van der Waals surface area contributed by atoms with Crippen LogP contribution in [0.15, 0.2) is 41.2 Å². The molecule has 2 N–H and O–H groups in total. The number of hydrogen-bond donors (Lipinski definition) is 2. The van der Waals surface area contributed by atoms with E-state index in [0.717, 1.165) is 30.5 Å². The number of aryl methyl sites for hydroxylation is 2. The maximum atomic E-state index is 12.1. The third kappa shape index (κ3) is 3.61. The Morgan fingerprint density at radius 3 is 2.95 bits per heavy atom. The van der Waals surface area contributed by atoms with Crippen molar-refractivity contribution < 1.29 is 4.79 Å². The van der Waals surface area contributed by atoms with Gasteiger partial charge in [-0.1, -0.05) is 30.3 Å². The van der Waals surface area contributed by atoms with Crippen LogP contribution in [-0.2, 0) is 24.1 Å². The second-order valence-electron chi connectivity index (χ2n) is 5.70. The van der Waals surface area contributed by atoms with Gasteiger partial charge in [0.05, 0.1) is 5.69 Å². The number of amides is 1. The normalized spacial score (nSPS) is 16.8. The van der Waals surface area contributed by atoms with Crippen LogP contribution in [0.4, 0.5) is 0 Å². The molecule has 0 aliphatic heterocycles. The van der Waals surface area contributed by atoms with Gasteiger partial charge in [0.15, 0.2) is 0 Å². The van der Waals surface area contributed by atoms with E-state index in [2.05, 4.69) is 15.5 Å². The van der Waals surface area contributed by atoms with Gasteiger partial charge < -0.3 is 5.32 Å². The van der Waals surface area contributed by atoms with Crippen molar-refractivity contribution in [2.45, 2.75) is 38.1 Å². The van der Waals surface area contributed by atoms with Gasteiger partial charge in [-0.05, 0) is 36.8 Å². The van der Waals surface area contributed by atoms with Crippen molar-refractivity contribution in [2.24, 2.45) is 0 Å². The van der Waals surface area contributed by atoms with Gasteiger partial charge in [0.1, 0.15) is 0 Å². The summed E-state index contributed by atoms with van der Waals surface area (Å²) in [5.41, 5.74) is 2.87. The molecule has 0 radical (unpaired) electrons. The van der Waals surface area contributed by atoms with E-state index in [1.165, 1.54) is 5.56 Å². The van der Waals surface area contributed by atoms with E-state index < -0.39 is 0 Å². The van der Waals surface area contributed by atoms with Crippen molar-refractivity contribution in [3.63, 3.8) is 0 Å². The SMILES string of the molecule is O=C(CCc1ccccc1)N[C@@H]1CCc2n[nH]c(=O)cc2C1. The fourth-order valence-corrected chi connectivity index (χ4v) is 2.87. The summed E-state index contributed by atoms with van der Waals surface area (Å²) >= 11 is 0. The molecule has 0 fully saturated rings. The quantitative estimate of drug-likeness (QED) is 0.895. The summed E-state index contributed by atoms with van der Waals surface area (Å²) in [6.07, 6.45) is 3.57. The first-order valence-corrected chi connectivity index (χ1v) is 7.61. The molecule has 3 rings (SSSR count). The van der Waals surface area contributed by atoms with Gasteiger partial charge in [0, 0.05) is 18.5 Å². The zero-order valence-electron chi connectivity index (χ0n) is 12.3. The van der Waals surface area contributed by atoms with E-state index in [0.29, 0.717) is 12.8 Å². The van der Waals surface area contributed by atoms with E-state index in [9.17, 15) is 9.59 Å². The van der Waals surface area contributed by atoms with Crippen molar-refractivity contribution in [2.75, 3.05) is 0 Å². The highest BCUT2D eigenvalue weighted by Crippen LogP contribution is 2.17. The molecule has 1 heterocycles. The lowest BCUT2D eigenvalue weighted by Gasteiger charge is -2.24. The van der Waals surface area contributed by atoms with Gasteiger partial charge >= 0.3 is 0 Å². The fourth-order valence-electron chi connectivity index (χ4n) is 2.87. The molecule has 1 atom stereocenters. The number of carbonyl (C=O) groups excluding carboxylic acids is 1. The molecule has 0 bridgehead atoms. The second kappa shape index (κ2) is 6.56. The van der Waals surface area contributed by atoms with E-state index in [1.54, 1.807) is 6.07 Å². The predicted octanol–water partition coefficient (Wildman–Crippen LogP) is 1.38. The number of rotatable bonds is 4. The highest BCUT2D eigenvalue weighted by molar-refractivity contribution is 5.76. The maximum absolute atomic E-state index is 12.1. The second-order valence-corrected chi connectivity index (χ2v) is 5.70. The van der Waals surface area contributed by atoms with E-state index in [1.807, 2.05) is 30.3 Å². The summed E-state index contributed by atoms with van der Waals surface area (Å²) in [5.74, 6) is 0.0649. The molecule has 2 aromatic rings. The lowest BCUT2D eigenvalue weighted by molar-refractivity contribution is -0.121. The van der Waals surface area contributed by atoms with Crippen LogP contribution in [0.1, 0.15) is 29.7 Å². The molecule has 1 aromatic heterocycles. The molecule has 0 saturated carbocycles. The number of benzene rings is 1. The van der Waals surface area contributed by atoms with Crippen LogP contribution >= 0.6 is 0 Å². The molecule has 1 aliphatic rings. The number of aromatic amines is 1. The summed E-state index contributed by atoms with van der Waals surface area (Å²) in [7, 11) is 0. The van der Waals surface area contributed by atoms with Crippen molar-refractivity contribution in [1.29, 1.82) is 0 Å². The van der Waals surface area contributed by atoms with Gasteiger partial charge in [-0.3, -0.25) is 9.59 Å². The fraction of sp³-hybridized carbons (Fsp3) is 0.353. The lowest BCUT2D eigenvalue weighted by atomic mass is 9.92. The van der Waals surface area contributed by atoms with E-state index in [4.69, 9.17) is 0 Å². The minimum Gasteiger partial charge on any atom is -0.353 e. The summed E-state index contributed by atoms with van der Waals surface area (Å²) in [6, 6.07) is 11.7. The first kappa shape index (κ1) is 14.5. The first-order chi connectivity index (χ1) is 10.7. The molecule has 5 heteroatoms. The van der Waals surface area contributed by atoms with Crippen LogP contribution in [0.5, 0.6) is 0 Å². The predicted molar refractivity (Wildman–Crippen MR) is 83.6 cm³/mol. The highest BCUT2D eigenvalue weighted by atomic mass is 16.1. The lowest BCUT2D eigenvalue weighted by Crippen LogP contribution is -2.39. The smallest absolute Gasteiger partial charge is 0.264 e. The summed E-state index contributed by atoms with van der Waals surface area (Å²) < 4.78 is 0. The molecular weight excluding hydrogens is 278 g/mol. The summed E-state index contributed by atoms with van der Waals surface area (Å²) in [4.78, 5) is 23.4. The minimum absolute atomic E-state index is 0.0649. The van der Waals surface area contributed by atoms with Crippen LogP contribution in [-0.4, -0.2) is 22.1 Å². The molecule has 1 aromatic carbocycles. The number of nitrogens with one attached hydrogen (secondary N) is 2. The van der Waals surface area contributed by atoms with Crippen LogP contribution in [0.3, 0.4) is 0 Å². The number of aromatic nitrogens is 2. The van der Waals surface area contributed by atoms with Crippen LogP contribution < -0.4 is 10.9 Å². The molecule has 0 spiro atoms. The Morgan fingerprint density at radius 1 is 1.32 bits per heavy atom. The Morgan fingerprint density at radius 2 is 2.14 bits per heavy atom. The molecule has 1 amide bonds. The van der Waals surface area contributed by atoms with Crippen LogP contribution in [0.2, 0.25) is 0 Å². The Balaban J connectivity index is 1.53. The summed E-state index contributed by atoms with van der Waals surface area (Å²) in [5, 5.41) is 9.59. The summed E-state index contributed by atoms with van der Waals surface area (Å²) in [6.45, 7) is 0. The molecular formula is C17H19N3O2. The number of H-pyrrole nitrogens is 1. The van der Waals surface area contributed by atoms with Crippen molar-refractivity contribution in [3.05, 3.63) is 63.6 Å². The Labute approximate surface area is 128 Å². The zero-order chi connectivity index (χ0) is 15.4. The number of fused-ring (bicyclic) bond motifs is 1. The largest absolute Gasteiger partial charge is 0.353 e. The first-order valence-electron chi connectivity index (χ1n) is 7.61. The third-order valence-electron chi connectivity index (χ3n) is 4.02. The molecule has 1 aliphatic carbocycles. The molecule has 5 nitrogen and oxygen atoms in total. The average molecular weight is 297 g/mol. The van der Waals surface area contributed by atoms with Gasteiger partial charge in [-0.25, -0.2) is 5.10 Å². The van der Waals surface area contributed by atoms with Crippen molar-refractivity contribution in [3.8, 4) is 0 Å². The van der Waals surface area contributed by atoms with Gasteiger partial charge in [-0.15, -0.1) is 0 Å². The monoisotopic (exact) mass is 297 g/mol.